The summed E-state index contributed by atoms with van der Waals surface area (Å²) in [7, 11) is 1.49. The monoisotopic (exact) mass is 499 g/mol. The van der Waals surface area contributed by atoms with Crippen molar-refractivity contribution in [1.82, 2.24) is 20.1 Å². The lowest BCUT2D eigenvalue weighted by molar-refractivity contribution is -0.141. The summed E-state index contributed by atoms with van der Waals surface area (Å²) in [6.45, 7) is 3.13. The van der Waals surface area contributed by atoms with Gasteiger partial charge in [-0.05, 0) is 48.2 Å². The van der Waals surface area contributed by atoms with Crippen molar-refractivity contribution in [2.75, 3.05) is 25.5 Å². The first-order chi connectivity index (χ1) is 17.2. The molecule has 2 amide bonds. The van der Waals surface area contributed by atoms with Crippen molar-refractivity contribution < 1.29 is 27.4 Å². The number of rotatable bonds is 5. The molecule has 4 rings (SSSR count). The quantitative estimate of drug-likeness (QED) is 0.488. The van der Waals surface area contributed by atoms with Crippen LogP contribution in [-0.4, -0.2) is 46.3 Å². The van der Waals surface area contributed by atoms with Gasteiger partial charge in [0.1, 0.15) is 17.2 Å². The summed E-state index contributed by atoms with van der Waals surface area (Å²) in [6.07, 6.45) is -0.709. The Morgan fingerprint density at radius 3 is 2.61 bits per heavy atom. The van der Waals surface area contributed by atoms with E-state index >= 15 is 0 Å². The lowest BCUT2D eigenvalue weighted by atomic mass is 9.91. The van der Waals surface area contributed by atoms with E-state index in [1.165, 1.54) is 18.7 Å². The third-order valence-electron chi connectivity index (χ3n) is 5.64. The van der Waals surface area contributed by atoms with Crippen LogP contribution < -0.4 is 14.8 Å². The maximum Gasteiger partial charge on any atom is 0.433 e. The van der Waals surface area contributed by atoms with Crippen molar-refractivity contribution in [3.63, 3.8) is 0 Å². The van der Waals surface area contributed by atoms with Crippen molar-refractivity contribution >= 4 is 17.9 Å². The Hall–Kier alpha value is -4.15. The van der Waals surface area contributed by atoms with Crippen LogP contribution in [0.2, 0.25) is 0 Å². The number of amides is 2. The van der Waals surface area contributed by atoms with E-state index in [2.05, 4.69) is 20.5 Å². The Morgan fingerprint density at radius 2 is 1.97 bits per heavy atom. The van der Waals surface area contributed by atoms with Gasteiger partial charge in [-0.1, -0.05) is 30.7 Å². The molecule has 188 valence electrons. The number of piperidine rings is 1. The normalized spacial score (nSPS) is 17.1. The number of nitrogens with one attached hydrogen (secondary N) is 1. The zero-order valence-electron chi connectivity index (χ0n) is 19.6. The second kappa shape index (κ2) is 10.6. The molecule has 0 spiro atoms. The highest BCUT2D eigenvalue weighted by molar-refractivity contribution is 5.88. The number of ether oxygens (including phenoxy) is 2. The van der Waals surface area contributed by atoms with E-state index in [4.69, 9.17) is 9.47 Å². The van der Waals surface area contributed by atoms with Gasteiger partial charge in [0.2, 0.25) is 5.88 Å². The minimum atomic E-state index is -4.50. The molecule has 0 radical (unpaired) electrons. The number of aromatic nitrogens is 3. The number of likely N-dealkylation sites (tertiary alicyclic amines) is 1. The molecule has 1 aliphatic rings. The van der Waals surface area contributed by atoms with Crippen LogP contribution in [0.1, 0.15) is 24.6 Å². The molecule has 1 aromatic carbocycles. The summed E-state index contributed by atoms with van der Waals surface area (Å²) >= 11 is 0. The number of benzene rings is 1. The number of pyridine rings is 1. The Morgan fingerprint density at radius 1 is 1.14 bits per heavy atom. The Bertz CT molecular complexity index is 1230. The molecule has 1 saturated heterocycles. The molecule has 1 unspecified atom stereocenters. The van der Waals surface area contributed by atoms with E-state index in [-0.39, 0.29) is 17.7 Å². The van der Waals surface area contributed by atoms with E-state index < -0.39 is 11.9 Å². The first-order valence-electron chi connectivity index (χ1n) is 11.2. The molecule has 3 heterocycles. The van der Waals surface area contributed by atoms with Crippen molar-refractivity contribution in [3.8, 4) is 17.4 Å². The van der Waals surface area contributed by atoms with Gasteiger partial charge >= 0.3 is 12.2 Å². The van der Waals surface area contributed by atoms with Crippen LogP contribution >= 0.6 is 0 Å². The second-order valence-corrected chi connectivity index (χ2v) is 8.26. The number of methoxy groups -OCH3 is 1. The van der Waals surface area contributed by atoms with E-state index in [1.807, 2.05) is 25.1 Å². The van der Waals surface area contributed by atoms with Crippen molar-refractivity contribution in [2.24, 2.45) is 5.92 Å². The molecular formula is C25H24F3N5O3. The van der Waals surface area contributed by atoms with Gasteiger partial charge in [0.15, 0.2) is 5.82 Å². The van der Waals surface area contributed by atoms with E-state index in [0.29, 0.717) is 37.0 Å². The van der Waals surface area contributed by atoms with Crippen molar-refractivity contribution in [2.45, 2.75) is 19.5 Å². The number of halogens is 3. The third kappa shape index (κ3) is 6.29. The molecule has 3 aromatic rings. The number of carbonyl (C=O) groups is 1. The number of hydrogen-bond acceptors (Lipinski definition) is 6. The number of nitrogens with zero attached hydrogens (tertiary/aromatic N) is 4. The fraction of sp³-hybridized carbons (Fsp3) is 0.280. The maximum atomic E-state index is 12.7. The molecular weight excluding hydrogens is 475 g/mol. The Kier molecular flexibility index (Phi) is 7.37. The third-order valence-corrected chi connectivity index (χ3v) is 5.64. The minimum absolute atomic E-state index is 0.120. The molecule has 1 atom stereocenters. The van der Waals surface area contributed by atoms with Gasteiger partial charge in [0.25, 0.3) is 0 Å². The molecule has 0 bridgehead atoms. The van der Waals surface area contributed by atoms with E-state index in [9.17, 15) is 18.0 Å². The van der Waals surface area contributed by atoms with Crippen molar-refractivity contribution in [1.29, 1.82) is 0 Å². The van der Waals surface area contributed by atoms with Crippen LogP contribution in [-0.2, 0) is 6.18 Å². The SMILES string of the molecule is COc1ccc(NC(=O)N2CCC(=Cc3cccc(Oc4ccc(C(F)(F)F)nc4)c3)C(C)C2)nn1. The predicted octanol–water partition coefficient (Wildman–Crippen LogP) is 5.65. The fourth-order valence-corrected chi connectivity index (χ4v) is 3.76. The highest BCUT2D eigenvalue weighted by atomic mass is 19.4. The first kappa shape index (κ1) is 25.0. The standard InChI is InChI=1S/C25H24F3N5O3/c1-16-15-33(24(34)30-22-8-9-23(35-2)32-31-22)11-10-18(16)12-17-4-3-5-19(13-17)36-20-6-7-21(29-14-20)25(26,27)28/h3-9,12-14,16H,10-11,15H2,1-2H3,(H,30,31,34). The summed E-state index contributed by atoms with van der Waals surface area (Å²) in [5.74, 6) is 1.52. The van der Waals surface area contributed by atoms with Crippen molar-refractivity contribution in [3.05, 3.63) is 71.6 Å². The minimum Gasteiger partial charge on any atom is -0.480 e. The van der Waals surface area contributed by atoms with Gasteiger partial charge in [0.05, 0.1) is 13.3 Å². The second-order valence-electron chi connectivity index (χ2n) is 8.26. The molecule has 0 aliphatic carbocycles. The summed E-state index contributed by atoms with van der Waals surface area (Å²) in [5, 5.41) is 10.5. The van der Waals surface area contributed by atoms with Gasteiger partial charge in [-0.3, -0.25) is 5.32 Å². The van der Waals surface area contributed by atoms with Gasteiger partial charge in [-0.15, -0.1) is 10.2 Å². The lowest BCUT2D eigenvalue weighted by Gasteiger charge is -2.33. The molecule has 1 fully saturated rings. The summed E-state index contributed by atoms with van der Waals surface area (Å²) < 4.78 is 48.8. The topological polar surface area (TPSA) is 89.5 Å². The molecule has 1 N–H and O–H groups in total. The Balaban J connectivity index is 1.37. The summed E-state index contributed by atoms with van der Waals surface area (Å²) in [6, 6.07) is 12.4. The highest BCUT2D eigenvalue weighted by Crippen LogP contribution is 2.30. The largest absolute Gasteiger partial charge is 0.480 e. The Labute approximate surface area is 205 Å². The molecule has 36 heavy (non-hydrogen) atoms. The average molecular weight is 499 g/mol. The molecule has 2 aromatic heterocycles. The van der Waals surface area contributed by atoms with Crippen LogP contribution in [0.5, 0.6) is 17.4 Å². The number of anilines is 1. The zero-order chi connectivity index (χ0) is 25.7. The maximum absolute atomic E-state index is 12.7. The van der Waals surface area contributed by atoms with Gasteiger partial charge in [-0.25, -0.2) is 9.78 Å². The molecule has 11 heteroatoms. The van der Waals surface area contributed by atoms with E-state index in [0.717, 1.165) is 17.8 Å². The summed E-state index contributed by atoms with van der Waals surface area (Å²) in [5.41, 5.74) is 1.09. The number of hydrogen-bond donors (Lipinski definition) is 1. The number of carbonyl (C=O) groups excluding carboxylic acids is 1. The van der Waals surface area contributed by atoms with Crippen LogP contribution in [0.15, 0.2) is 60.3 Å². The zero-order valence-corrected chi connectivity index (χ0v) is 19.6. The number of alkyl halides is 3. The highest BCUT2D eigenvalue weighted by Gasteiger charge is 2.32. The number of urea groups is 1. The molecule has 1 aliphatic heterocycles. The van der Waals surface area contributed by atoms with Gasteiger partial charge in [0, 0.05) is 19.2 Å². The van der Waals surface area contributed by atoms with Gasteiger partial charge < -0.3 is 14.4 Å². The molecule has 0 saturated carbocycles. The summed E-state index contributed by atoms with van der Waals surface area (Å²) in [4.78, 5) is 17.8. The van der Waals surface area contributed by atoms with Crippen LogP contribution in [0, 0.1) is 5.92 Å². The van der Waals surface area contributed by atoms with Gasteiger partial charge in [-0.2, -0.15) is 13.2 Å². The van der Waals surface area contributed by atoms with Crippen LogP contribution in [0.25, 0.3) is 6.08 Å². The smallest absolute Gasteiger partial charge is 0.433 e. The lowest BCUT2D eigenvalue weighted by Crippen LogP contribution is -2.42. The van der Waals surface area contributed by atoms with E-state index in [1.54, 1.807) is 29.2 Å². The first-order valence-corrected chi connectivity index (χ1v) is 11.2. The predicted molar refractivity (Wildman–Crippen MR) is 127 cm³/mol. The van der Waals surface area contributed by atoms with Crippen LogP contribution in [0.3, 0.4) is 0 Å². The average Bonchev–Trinajstić information content (AvgIpc) is 2.86. The van der Waals surface area contributed by atoms with Crippen LogP contribution in [0.4, 0.5) is 23.8 Å². The fourth-order valence-electron chi connectivity index (χ4n) is 3.76. The molecule has 8 nitrogen and oxygen atoms in total.